The Morgan fingerprint density at radius 2 is 2.33 bits per heavy atom. The van der Waals surface area contributed by atoms with E-state index in [2.05, 4.69) is 10.6 Å². The zero-order chi connectivity index (χ0) is 13.1. The Morgan fingerprint density at radius 3 is 3.00 bits per heavy atom. The number of hydrogen-bond donors (Lipinski definition) is 3. The first-order chi connectivity index (χ1) is 8.59. The van der Waals surface area contributed by atoms with Gasteiger partial charge in [-0.15, -0.1) is 0 Å². The lowest BCUT2D eigenvalue weighted by Crippen LogP contribution is -2.39. The van der Waals surface area contributed by atoms with Gasteiger partial charge in [0, 0.05) is 17.2 Å². The number of carbonyl (C=O) groups is 1. The van der Waals surface area contributed by atoms with Gasteiger partial charge in [-0.1, -0.05) is 6.07 Å². The molecule has 4 nitrogen and oxygen atoms in total. The van der Waals surface area contributed by atoms with Crippen LogP contribution in [0, 0.1) is 12.8 Å². The summed E-state index contributed by atoms with van der Waals surface area (Å²) < 4.78 is 0. The lowest BCUT2D eigenvalue weighted by molar-refractivity contribution is 0.0927. The average molecular weight is 248 g/mol. The van der Waals surface area contributed by atoms with Gasteiger partial charge < -0.3 is 15.7 Å². The highest BCUT2D eigenvalue weighted by molar-refractivity contribution is 5.96. The molecule has 1 aliphatic rings. The predicted octanol–water partition coefficient (Wildman–Crippen LogP) is 1.43. The van der Waals surface area contributed by atoms with E-state index in [0.29, 0.717) is 17.0 Å². The topological polar surface area (TPSA) is 61.4 Å². The van der Waals surface area contributed by atoms with Crippen molar-refractivity contribution >= 4 is 5.91 Å². The van der Waals surface area contributed by atoms with Crippen LogP contribution < -0.4 is 10.6 Å². The fourth-order valence-corrected chi connectivity index (χ4v) is 2.38. The fraction of sp³-hybridized carbons (Fsp3) is 0.500. The number of phenolic OH excluding ortho intramolecular Hbond substituents is 1. The summed E-state index contributed by atoms with van der Waals surface area (Å²) in [5, 5.41) is 15.9. The third kappa shape index (κ3) is 2.64. The second-order valence-corrected chi connectivity index (χ2v) is 4.96. The fourth-order valence-electron chi connectivity index (χ4n) is 2.38. The van der Waals surface area contributed by atoms with E-state index in [4.69, 9.17) is 0 Å². The number of rotatable bonds is 3. The highest BCUT2D eigenvalue weighted by atomic mass is 16.3. The second-order valence-electron chi connectivity index (χ2n) is 4.96. The van der Waals surface area contributed by atoms with Crippen LogP contribution in [0.4, 0.5) is 0 Å². The molecule has 2 rings (SSSR count). The first-order valence-corrected chi connectivity index (χ1v) is 6.39. The maximum absolute atomic E-state index is 12.1. The average Bonchev–Trinajstić information content (AvgIpc) is 2.86. The minimum Gasteiger partial charge on any atom is -0.508 e. The normalized spacial score (nSPS) is 20.7. The van der Waals surface area contributed by atoms with Crippen LogP contribution in [0.15, 0.2) is 18.2 Å². The highest BCUT2D eigenvalue weighted by Crippen LogP contribution is 2.20. The van der Waals surface area contributed by atoms with Crippen LogP contribution in [0.3, 0.4) is 0 Å². The van der Waals surface area contributed by atoms with Gasteiger partial charge in [-0.2, -0.15) is 0 Å². The van der Waals surface area contributed by atoms with Gasteiger partial charge in [-0.05, 0) is 51.4 Å². The SMILES string of the molecule is Cc1c(O)cccc1C(=O)NC(C)C1CCNC1. The molecule has 1 saturated heterocycles. The summed E-state index contributed by atoms with van der Waals surface area (Å²) >= 11 is 0. The maximum Gasteiger partial charge on any atom is 0.251 e. The third-order valence-corrected chi connectivity index (χ3v) is 3.71. The second kappa shape index (κ2) is 5.40. The van der Waals surface area contributed by atoms with Gasteiger partial charge in [0.1, 0.15) is 5.75 Å². The number of amides is 1. The van der Waals surface area contributed by atoms with Crippen molar-refractivity contribution in [3.05, 3.63) is 29.3 Å². The van der Waals surface area contributed by atoms with E-state index in [9.17, 15) is 9.90 Å². The number of hydrogen-bond acceptors (Lipinski definition) is 3. The molecule has 1 aliphatic heterocycles. The first-order valence-electron chi connectivity index (χ1n) is 6.39. The smallest absolute Gasteiger partial charge is 0.251 e. The van der Waals surface area contributed by atoms with Crippen molar-refractivity contribution in [2.45, 2.75) is 26.3 Å². The van der Waals surface area contributed by atoms with Gasteiger partial charge in [0.25, 0.3) is 5.91 Å². The number of nitrogens with one attached hydrogen (secondary N) is 2. The molecule has 1 aromatic carbocycles. The summed E-state index contributed by atoms with van der Waals surface area (Å²) in [7, 11) is 0. The number of carbonyl (C=O) groups excluding carboxylic acids is 1. The molecule has 0 saturated carbocycles. The Hall–Kier alpha value is -1.55. The summed E-state index contributed by atoms with van der Waals surface area (Å²) in [6.07, 6.45) is 1.10. The molecule has 0 aliphatic carbocycles. The molecule has 1 fully saturated rings. The third-order valence-electron chi connectivity index (χ3n) is 3.71. The van der Waals surface area contributed by atoms with Crippen LogP contribution in [0.25, 0.3) is 0 Å². The summed E-state index contributed by atoms with van der Waals surface area (Å²) in [4.78, 5) is 12.1. The molecule has 98 valence electrons. The lowest BCUT2D eigenvalue weighted by atomic mass is 9.99. The van der Waals surface area contributed by atoms with Gasteiger partial charge in [-0.25, -0.2) is 0 Å². The molecule has 4 heteroatoms. The van der Waals surface area contributed by atoms with Gasteiger partial charge in [0.15, 0.2) is 0 Å². The molecule has 0 bridgehead atoms. The Kier molecular flexibility index (Phi) is 3.87. The molecule has 3 N–H and O–H groups in total. The van der Waals surface area contributed by atoms with Crippen molar-refractivity contribution in [1.82, 2.24) is 10.6 Å². The minimum absolute atomic E-state index is 0.109. The van der Waals surface area contributed by atoms with Crippen LogP contribution in [-0.4, -0.2) is 30.1 Å². The van der Waals surface area contributed by atoms with E-state index in [-0.39, 0.29) is 17.7 Å². The van der Waals surface area contributed by atoms with Crippen molar-refractivity contribution < 1.29 is 9.90 Å². The number of aromatic hydroxyl groups is 1. The minimum atomic E-state index is -0.109. The van der Waals surface area contributed by atoms with Crippen molar-refractivity contribution in [3.63, 3.8) is 0 Å². The molecule has 0 spiro atoms. The Labute approximate surface area is 107 Å². The van der Waals surface area contributed by atoms with Gasteiger partial charge in [-0.3, -0.25) is 4.79 Å². The largest absolute Gasteiger partial charge is 0.508 e. The van der Waals surface area contributed by atoms with Gasteiger partial charge in [0.05, 0.1) is 0 Å². The highest BCUT2D eigenvalue weighted by Gasteiger charge is 2.23. The number of benzene rings is 1. The molecule has 2 atom stereocenters. The first kappa shape index (κ1) is 12.9. The Balaban J connectivity index is 2.05. The molecular weight excluding hydrogens is 228 g/mol. The van der Waals surface area contributed by atoms with Crippen molar-refractivity contribution in [3.8, 4) is 5.75 Å². The molecule has 1 amide bonds. The van der Waals surface area contributed by atoms with Crippen LogP contribution in [-0.2, 0) is 0 Å². The zero-order valence-corrected chi connectivity index (χ0v) is 10.9. The van der Waals surface area contributed by atoms with Gasteiger partial charge in [0.2, 0.25) is 0 Å². The quantitative estimate of drug-likeness (QED) is 0.758. The monoisotopic (exact) mass is 248 g/mol. The van der Waals surface area contributed by atoms with E-state index in [1.165, 1.54) is 0 Å². The Morgan fingerprint density at radius 1 is 1.56 bits per heavy atom. The molecule has 1 aromatic rings. The van der Waals surface area contributed by atoms with Crippen LogP contribution in [0.5, 0.6) is 5.75 Å². The summed E-state index contributed by atoms with van der Waals surface area (Å²) in [5.41, 5.74) is 1.18. The van der Waals surface area contributed by atoms with E-state index >= 15 is 0 Å². The molecule has 18 heavy (non-hydrogen) atoms. The van der Waals surface area contributed by atoms with E-state index < -0.39 is 0 Å². The van der Waals surface area contributed by atoms with Crippen molar-refractivity contribution in [2.24, 2.45) is 5.92 Å². The van der Waals surface area contributed by atoms with Crippen molar-refractivity contribution in [1.29, 1.82) is 0 Å². The summed E-state index contributed by atoms with van der Waals surface area (Å²) in [5.74, 6) is 0.548. The lowest BCUT2D eigenvalue weighted by Gasteiger charge is -2.20. The van der Waals surface area contributed by atoms with Crippen molar-refractivity contribution in [2.75, 3.05) is 13.1 Å². The predicted molar refractivity (Wildman–Crippen MR) is 70.7 cm³/mol. The van der Waals surface area contributed by atoms with Crippen LogP contribution >= 0.6 is 0 Å². The summed E-state index contributed by atoms with van der Waals surface area (Å²) in [6.45, 7) is 5.77. The molecule has 1 heterocycles. The van der Waals surface area contributed by atoms with E-state index in [1.807, 2.05) is 6.92 Å². The van der Waals surface area contributed by atoms with E-state index in [0.717, 1.165) is 19.5 Å². The number of phenols is 1. The standard InChI is InChI=1S/C14H20N2O2/c1-9-12(4-3-5-13(9)17)14(18)16-10(2)11-6-7-15-8-11/h3-5,10-11,15,17H,6-8H2,1-2H3,(H,16,18). The van der Waals surface area contributed by atoms with Crippen LogP contribution in [0.2, 0.25) is 0 Å². The molecule has 0 radical (unpaired) electrons. The zero-order valence-electron chi connectivity index (χ0n) is 10.9. The Bertz CT molecular complexity index is 439. The maximum atomic E-state index is 12.1. The van der Waals surface area contributed by atoms with Crippen LogP contribution in [0.1, 0.15) is 29.3 Å². The van der Waals surface area contributed by atoms with Gasteiger partial charge >= 0.3 is 0 Å². The molecule has 2 unspecified atom stereocenters. The van der Waals surface area contributed by atoms with E-state index in [1.54, 1.807) is 25.1 Å². The molecule has 0 aromatic heterocycles. The molecular formula is C14H20N2O2. The summed E-state index contributed by atoms with van der Waals surface area (Å²) in [6, 6.07) is 5.17.